The first-order valence-electron chi connectivity index (χ1n) is 6.07. The molecule has 18 heavy (non-hydrogen) atoms. The summed E-state index contributed by atoms with van der Waals surface area (Å²) in [5.41, 5.74) is 7.35. The average Bonchev–Trinajstić information content (AvgIpc) is 2.62. The van der Waals surface area contributed by atoms with E-state index in [2.05, 4.69) is 5.32 Å². The maximum absolute atomic E-state index is 12.0. The lowest BCUT2D eigenvalue weighted by Gasteiger charge is -2.16. The molecule has 1 unspecified atom stereocenters. The standard InChI is InChI=1S/C13H17N3O2/c1-2-7-15-11(17)8-16-10-6-4-3-5-9(10)12(14)13(16)18/h3-6,12H,2,7-8,14H2,1H3,(H,15,17). The zero-order valence-corrected chi connectivity index (χ0v) is 10.3. The molecule has 1 atom stereocenters. The van der Waals surface area contributed by atoms with Gasteiger partial charge >= 0.3 is 0 Å². The summed E-state index contributed by atoms with van der Waals surface area (Å²) in [6, 6.07) is 6.66. The van der Waals surface area contributed by atoms with Crippen molar-refractivity contribution in [1.29, 1.82) is 0 Å². The highest BCUT2D eigenvalue weighted by molar-refractivity contribution is 6.07. The molecule has 96 valence electrons. The number of fused-ring (bicyclic) bond motifs is 1. The molecule has 0 fully saturated rings. The normalized spacial score (nSPS) is 17.8. The SMILES string of the molecule is CCCNC(=O)CN1C(=O)C(N)c2ccccc21. The predicted molar refractivity (Wildman–Crippen MR) is 69.0 cm³/mol. The molecular formula is C13H17N3O2. The van der Waals surface area contributed by atoms with Crippen LogP contribution in [0.2, 0.25) is 0 Å². The number of nitrogens with one attached hydrogen (secondary N) is 1. The van der Waals surface area contributed by atoms with E-state index < -0.39 is 6.04 Å². The molecule has 5 nitrogen and oxygen atoms in total. The van der Waals surface area contributed by atoms with Gasteiger partial charge in [0.25, 0.3) is 0 Å². The fourth-order valence-corrected chi connectivity index (χ4v) is 2.04. The van der Waals surface area contributed by atoms with Crippen LogP contribution in [-0.4, -0.2) is 24.9 Å². The van der Waals surface area contributed by atoms with Crippen molar-refractivity contribution in [3.63, 3.8) is 0 Å². The number of rotatable bonds is 4. The molecular weight excluding hydrogens is 230 g/mol. The molecule has 1 heterocycles. The molecule has 2 amide bonds. The van der Waals surface area contributed by atoms with Gasteiger partial charge in [-0.3, -0.25) is 9.59 Å². The zero-order chi connectivity index (χ0) is 13.1. The van der Waals surface area contributed by atoms with Gasteiger partial charge in [-0.25, -0.2) is 0 Å². The Labute approximate surface area is 106 Å². The fraction of sp³-hybridized carbons (Fsp3) is 0.385. The Bertz CT molecular complexity index is 473. The fourth-order valence-electron chi connectivity index (χ4n) is 2.04. The highest BCUT2D eigenvalue weighted by atomic mass is 16.2. The second-order valence-electron chi connectivity index (χ2n) is 4.31. The van der Waals surface area contributed by atoms with E-state index in [9.17, 15) is 9.59 Å². The van der Waals surface area contributed by atoms with Gasteiger partial charge in [-0.15, -0.1) is 0 Å². The molecule has 0 aromatic heterocycles. The zero-order valence-electron chi connectivity index (χ0n) is 10.3. The Morgan fingerprint density at radius 3 is 2.89 bits per heavy atom. The van der Waals surface area contributed by atoms with E-state index in [1.54, 1.807) is 0 Å². The molecule has 1 aliphatic heterocycles. The Morgan fingerprint density at radius 1 is 1.44 bits per heavy atom. The molecule has 0 aliphatic carbocycles. The predicted octanol–water partition coefficient (Wildman–Crippen LogP) is 0.559. The summed E-state index contributed by atoms with van der Waals surface area (Å²) in [6.45, 7) is 2.63. The van der Waals surface area contributed by atoms with E-state index in [4.69, 9.17) is 5.73 Å². The molecule has 1 aliphatic rings. The number of para-hydroxylation sites is 1. The molecule has 1 aromatic rings. The molecule has 0 spiro atoms. The highest BCUT2D eigenvalue weighted by Crippen LogP contribution is 2.33. The Hall–Kier alpha value is -1.88. The van der Waals surface area contributed by atoms with Crippen LogP contribution in [0.25, 0.3) is 0 Å². The third kappa shape index (κ3) is 2.22. The largest absolute Gasteiger partial charge is 0.355 e. The van der Waals surface area contributed by atoms with Gasteiger partial charge in [-0.1, -0.05) is 25.1 Å². The van der Waals surface area contributed by atoms with Crippen LogP contribution in [0.4, 0.5) is 5.69 Å². The van der Waals surface area contributed by atoms with Crippen LogP contribution in [0.15, 0.2) is 24.3 Å². The number of carbonyl (C=O) groups is 2. The molecule has 0 radical (unpaired) electrons. The first-order valence-corrected chi connectivity index (χ1v) is 6.07. The summed E-state index contributed by atoms with van der Waals surface area (Å²) in [5.74, 6) is -0.378. The van der Waals surface area contributed by atoms with Gasteiger partial charge in [-0.05, 0) is 12.5 Å². The van der Waals surface area contributed by atoms with Crippen molar-refractivity contribution < 1.29 is 9.59 Å². The maximum Gasteiger partial charge on any atom is 0.249 e. The number of nitrogens with zero attached hydrogens (tertiary/aromatic N) is 1. The summed E-state index contributed by atoms with van der Waals surface area (Å²) >= 11 is 0. The van der Waals surface area contributed by atoms with Crippen molar-refractivity contribution in [2.45, 2.75) is 19.4 Å². The van der Waals surface area contributed by atoms with Crippen LogP contribution in [-0.2, 0) is 9.59 Å². The minimum atomic E-state index is -0.653. The molecule has 1 aromatic carbocycles. The minimum Gasteiger partial charge on any atom is -0.355 e. The number of benzene rings is 1. The van der Waals surface area contributed by atoms with Crippen molar-refractivity contribution in [1.82, 2.24) is 5.32 Å². The average molecular weight is 247 g/mol. The number of anilines is 1. The Morgan fingerprint density at radius 2 is 2.17 bits per heavy atom. The number of hydrogen-bond donors (Lipinski definition) is 2. The van der Waals surface area contributed by atoms with Gasteiger partial charge in [0.1, 0.15) is 12.6 Å². The van der Waals surface area contributed by atoms with Gasteiger partial charge in [0.15, 0.2) is 0 Å². The van der Waals surface area contributed by atoms with Gasteiger partial charge < -0.3 is 16.0 Å². The van der Waals surface area contributed by atoms with E-state index in [1.807, 2.05) is 31.2 Å². The molecule has 0 saturated heterocycles. The van der Waals surface area contributed by atoms with Gasteiger partial charge in [0.05, 0.1) is 0 Å². The first kappa shape index (κ1) is 12.6. The van der Waals surface area contributed by atoms with E-state index in [0.717, 1.165) is 17.7 Å². The maximum atomic E-state index is 12.0. The second-order valence-corrected chi connectivity index (χ2v) is 4.31. The molecule has 0 saturated carbocycles. The van der Waals surface area contributed by atoms with Gasteiger partial charge in [0.2, 0.25) is 11.8 Å². The number of amides is 2. The van der Waals surface area contributed by atoms with Crippen LogP contribution in [0, 0.1) is 0 Å². The van der Waals surface area contributed by atoms with E-state index in [1.165, 1.54) is 4.90 Å². The smallest absolute Gasteiger partial charge is 0.249 e. The molecule has 2 rings (SSSR count). The highest BCUT2D eigenvalue weighted by Gasteiger charge is 2.35. The van der Waals surface area contributed by atoms with Crippen LogP contribution in [0.5, 0.6) is 0 Å². The van der Waals surface area contributed by atoms with Crippen molar-refractivity contribution in [3.8, 4) is 0 Å². The van der Waals surface area contributed by atoms with E-state index in [-0.39, 0.29) is 18.4 Å². The Balaban J connectivity index is 2.14. The van der Waals surface area contributed by atoms with Crippen LogP contribution in [0.3, 0.4) is 0 Å². The lowest BCUT2D eigenvalue weighted by molar-refractivity contribution is -0.124. The van der Waals surface area contributed by atoms with Crippen LogP contribution in [0.1, 0.15) is 24.9 Å². The lowest BCUT2D eigenvalue weighted by Crippen LogP contribution is -2.40. The number of hydrogen-bond acceptors (Lipinski definition) is 3. The third-order valence-corrected chi connectivity index (χ3v) is 2.97. The summed E-state index contributed by atoms with van der Waals surface area (Å²) in [7, 11) is 0. The summed E-state index contributed by atoms with van der Waals surface area (Å²) in [6.07, 6.45) is 0.871. The van der Waals surface area contributed by atoms with Crippen molar-refractivity contribution >= 4 is 17.5 Å². The quantitative estimate of drug-likeness (QED) is 0.816. The first-order chi connectivity index (χ1) is 8.65. The summed E-state index contributed by atoms with van der Waals surface area (Å²) < 4.78 is 0. The number of nitrogens with two attached hydrogens (primary N) is 1. The van der Waals surface area contributed by atoms with Crippen molar-refractivity contribution in [2.24, 2.45) is 5.73 Å². The topological polar surface area (TPSA) is 75.4 Å². The van der Waals surface area contributed by atoms with Gasteiger partial charge in [0, 0.05) is 17.8 Å². The number of carbonyl (C=O) groups excluding carboxylic acids is 2. The monoisotopic (exact) mass is 247 g/mol. The summed E-state index contributed by atoms with van der Waals surface area (Å²) in [5, 5.41) is 2.75. The van der Waals surface area contributed by atoms with Crippen molar-refractivity contribution in [2.75, 3.05) is 18.0 Å². The molecule has 5 heteroatoms. The minimum absolute atomic E-state index is 0.0313. The van der Waals surface area contributed by atoms with E-state index >= 15 is 0 Å². The van der Waals surface area contributed by atoms with Gasteiger partial charge in [-0.2, -0.15) is 0 Å². The van der Waals surface area contributed by atoms with E-state index in [0.29, 0.717) is 6.54 Å². The van der Waals surface area contributed by atoms with Crippen molar-refractivity contribution in [3.05, 3.63) is 29.8 Å². The third-order valence-electron chi connectivity index (χ3n) is 2.97. The second kappa shape index (κ2) is 5.18. The molecule has 0 bridgehead atoms. The Kier molecular flexibility index (Phi) is 3.62. The lowest BCUT2D eigenvalue weighted by atomic mass is 10.1. The van der Waals surface area contributed by atoms with Crippen LogP contribution >= 0.6 is 0 Å². The molecule has 3 N–H and O–H groups in total. The summed E-state index contributed by atoms with van der Waals surface area (Å²) in [4.78, 5) is 25.1. The van der Waals surface area contributed by atoms with Crippen LogP contribution < -0.4 is 16.0 Å².